The van der Waals surface area contributed by atoms with Crippen molar-refractivity contribution in [1.82, 2.24) is 0 Å². The fourth-order valence-electron chi connectivity index (χ4n) is 6.83. The highest BCUT2D eigenvalue weighted by atomic mass is 32.1. The summed E-state index contributed by atoms with van der Waals surface area (Å²) in [6, 6.07) is 49.4. The van der Waals surface area contributed by atoms with E-state index in [-0.39, 0.29) is 6.85 Å². The molecule has 39 heavy (non-hydrogen) atoms. The number of anilines is 2. The van der Waals surface area contributed by atoms with Crippen LogP contribution in [0.25, 0.3) is 53.6 Å². The summed E-state index contributed by atoms with van der Waals surface area (Å²) in [6.45, 7) is 0.134. The van der Waals surface area contributed by atoms with Gasteiger partial charge in [-0.1, -0.05) is 115 Å². The van der Waals surface area contributed by atoms with Crippen LogP contribution in [-0.4, -0.2) is 6.85 Å². The van der Waals surface area contributed by atoms with E-state index >= 15 is 0 Å². The number of hydrogen-bond donors (Lipinski definition) is 0. The fourth-order valence-corrected chi connectivity index (χ4v) is 8.07. The second kappa shape index (κ2) is 7.95. The van der Waals surface area contributed by atoms with E-state index in [4.69, 9.17) is 0 Å². The van der Waals surface area contributed by atoms with E-state index in [0.29, 0.717) is 0 Å². The van der Waals surface area contributed by atoms with Crippen LogP contribution in [0.3, 0.4) is 0 Å². The number of fused-ring (bicyclic) bond motifs is 14. The summed E-state index contributed by atoms with van der Waals surface area (Å²) < 4.78 is 2.70. The Bertz CT molecular complexity index is 2110. The molecular weight excluding hydrogens is 489 g/mol. The molecule has 3 heterocycles. The largest absolute Gasteiger partial charge is 0.376 e. The van der Waals surface area contributed by atoms with E-state index in [1.807, 2.05) is 11.3 Å². The Morgan fingerprint density at radius 1 is 0.462 bits per heavy atom. The van der Waals surface area contributed by atoms with Gasteiger partial charge in [-0.2, -0.15) is 0 Å². The first kappa shape index (κ1) is 21.4. The highest BCUT2D eigenvalue weighted by Crippen LogP contribution is 2.48. The van der Waals surface area contributed by atoms with Crippen LogP contribution in [0.5, 0.6) is 0 Å². The van der Waals surface area contributed by atoms with Gasteiger partial charge in [0.2, 0.25) is 0 Å². The maximum absolute atomic E-state index is 2.59. The van der Waals surface area contributed by atoms with Crippen molar-refractivity contribution in [3.8, 4) is 33.4 Å². The van der Waals surface area contributed by atoms with E-state index in [9.17, 15) is 0 Å². The van der Waals surface area contributed by atoms with Gasteiger partial charge in [0.05, 0.1) is 0 Å². The third kappa shape index (κ3) is 2.91. The minimum Gasteiger partial charge on any atom is -0.376 e. The van der Waals surface area contributed by atoms with Gasteiger partial charge in [-0.15, -0.1) is 11.3 Å². The second-order valence-electron chi connectivity index (χ2n) is 10.5. The van der Waals surface area contributed by atoms with Crippen LogP contribution >= 0.6 is 11.3 Å². The van der Waals surface area contributed by atoms with Crippen molar-refractivity contribution in [1.29, 1.82) is 0 Å². The molecule has 0 aliphatic carbocycles. The molecule has 2 aliphatic rings. The molecule has 0 radical (unpaired) electrons. The molecule has 9 rings (SSSR count). The van der Waals surface area contributed by atoms with Crippen LogP contribution in [0.4, 0.5) is 11.4 Å². The Kier molecular flexibility index (Phi) is 4.35. The van der Waals surface area contributed by atoms with Crippen molar-refractivity contribution in [3.63, 3.8) is 0 Å². The van der Waals surface area contributed by atoms with Crippen LogP contribution in [0, 0.1) is 0 Å². The molecule has 180 valence electrons. The summed E-state index contributed by atoms with van der Waals surface area (Å²) in [5.41, 5.74) is 13.1. The van der Waals surface area contributed by atoms with E-state index in [2.05, 4.69) is 138 Å². The average Bonchev–Trinajstić information content (AvgIpc) is 3.39. The lowest BCUT2D eigenvalue weighted by Crippen LogP contribution is -2.59. The lowest BCUT2D eigenvalue weighted by molar-refractivity contribution is 1.35. The fraction of sp³-hybridized carbons (Fsp3) is 0. The lowest BCUT2D eigenvalue weighted by Gasteiger charge is -2.43. The van der Waals surface area contributed by atoms with Gasteiger partial charge in [-0.05, 0) is 51.4 Å². The van der Waals surface area contributed by atoms with Crippen molar-refractivity contribution in [3.05, 3.63) is 133 Å². The first-order valence-corrected chi connectivity index (χ1v) is 14.3. The summed E-state index contributed by atoms with van der Waals surface area (Å²) in [5, 5.41) is 2.68. The second-order valence-corrected chi connectivity index (χ2v) is 11.5. The Balaban J connectivity index is 1.34. The number of rotatable bonds is 1. The highest BCUT2D eigenvalue weighted by Gasteiger charge is 2.41. The molecule has 0 N–H and O–H groups in total. The zero-order chi connectivity index (χ0) is 25.5. The van der Waals surface area contributed by atoms with E-state index in [1.165, 1.54) is 75.9 Å². The molecule has 0 amide bonds. The minimum absolute atomic E-state index is 0.134. The Morgan fingerprint density at radius 3 is 1.90 bits per heavy atom. The molecule has 6 aromatic carbocycles. The van der Waals surface area contributed by atoms with Crippen molar-refractivity contribution in [2.45, 2.75) is 0 Å². The third-order valence-corrected chi connectivity index (χ3v) is 9.71. The molecule has 0 saturated heterocycles. The molecule has 1 aromatic heterocycles. The van der Waals surface area contributed by atoms with E-state index in [1.54, 1.807) is 0 Å². The SMILES string of the molecule is c1ccc2c(c1)B1c3ccccc3-c3ccc(-c4cccc5c4sc4ccccc45)cc3N1c1ccccc1-2. The lowest BCUT2D eigenvalue weighted by atomic mass is 9.43. The summed E-state index contributed by atoms with van der Waals surface area (Å²) in [6.07, 6.45) is 0. The van der Waals surface area contributed by atoms with Gasteiger partial charge in [0.15, 0.2) is 0 Å². The van der Waals surface area contributed by atoms with Gasteiger partial charge in [0.1, 0.15) is 0 Å². The Morgan fingerprint density at radius 2 is 1.08 bits per heavy atom. The monoisotopic (exact) mass is 511 g/mol. The summed E-state index contributed by atoms with van der Waals surface area (Å²) in [4.78, 5) is 2.59. The number of hydrogen-bond acceptors (Lipinski definition) is 2. The van der Waals surface area contributed by atoms with Gasteiger partial charge in [-0.25, -0.2) is 0 Å². The van der Waals surface area contributed by atoms with Gasteiger partial charge in [0.25, 0.3) is 0 Å². The molecule has 7 aromatic rings. The number of benzene rings is 6. The maximum atomic E-state index is 2.59. The van der Waals surface area contributed by atoms with Crippen molar-refractivity contribution in [2.75, 3.05) is 4.81 Å². The minimum atomic E-state index is 0.134. The van der Waals surface area contributed by atoms with Crippen LogP contribution < -0.4 is 15.7 Å². The third-order valence-electron chi connectivity index (χ3n) is 8.49. The molecule has 3 heteroatoms. The van der Waals surface area contributed by atoms with Crippen molar-refractivity contribution < 1.29 is 0 Å². The maximum Gasteiger partial charge on any atom is 0.329 e. The zero-order valence-corrected chi connectivity index (χ0v) is 22.0. The number of nitrogens with zero attached hydrogens (tertiary/aromatic N) is 1. The van der Waals surface area contributed by atoms with E-state index < -0.39 is 0 Å². The topological polar surface area (TPSA) is 3.24 Å². The Labute approximate surface area is 231 Å². The quantitative estimate of drug-likeness (QED) is 0.200. The van der Waals surface area contributed by atoms with Gasteiger partial charge in [-0.3, -0.25) is 0 Å². The summed E-state index contributed by atoms with van der Waals surface area (Å²) in [7, 11) is 0. The first-order valence-electron chi connectivity index (χ1n) is 13.5. The van der Waals surface area contributed by atoms with Crippen LogP contribution in [0.1, 0.15) is 0 Å². The van der Waals surface area contributed by atoms with Gasteiger partial charge >= 0.3 is 6.85 Å². The molecule has 2 aliphatic heterocycles. The smallest absolute Gasteiger partial charge is 0.329 e. The molecule has 0 saturated carbocycles. The van der Waals surface area contributed by atoms with Gasteiger partial charge < -0.3 is 4.81 Å². The number of para-hydroxylation sites is 1. The predicted octanol–water partition coefficient (Wildman–Crippen LogP) is 8.63. The number of thiophene rings is 1. The molecule has 0 spiro atoms. The summed E-state index contributed by atoms with van der Waals surface area (Å²) >= 11 is 1.90. The Hall–Kier alpha value is -4.60. The molecular formula is C36H22BNS. The molecule has 0 bridgehead atoms. The van der Waals surface area contributed by atoms with Crippen molar-refractivity contribution >= 4 is 60.7 Å². The molecule has 0 atom stereocenters. The van der Waals surface area contributed by atoms with Gasteiger partial charge in [0, 0.05) is 42.7 Å². The standard InChI is InChI=1S/C36H22BNS/c1-5-16-31-25(10-1)27-12-3-7-18-33(27)38-34-22-23(20-21-28(34)26-11-2-6-17-32(26)37(31)38)24-14-9-15-30-29-13-4-8-19-35(29)39-36(24)30/h1-22H. The normalized spacial score (nSPS) is 13.0. The van der Waals surface area contributed by atoms with Crippen LogP contribution in [0.15, 0.2) is 133 Å². The van der Waals surface area contributed by atoms with Crippen LogP contribution in [0.2, 0.25) is 0 Å². The zero-order valence-electron chi connectivity index (χ0n) is 21.1. The first-order chi connectivity index (χ1) is 19.4. The molecule has 1 nitrogen and oxygen atoms in total. The van der Waals surface area contributed by atoms with Crippen LogP contribution in [-0.2, 0) is 0 Å². The predicted molar refractivity (Wildman–Crippen MR) is 169 cm³/mol. The van der Waals surface area contributed by atoms with Crippen molar-refractivity contribution in [2.24, 2.45) is 0 Å². The molecule has 0 unspecified atom stereocenters. The highest BCUT2D eigenvalue weighted by molar-refractivity contribution is 7.26. The average molecular weight is 511 g/mol. The summed E-state index contributed by atoms with van der Waals surface area (Å²) in [5.74, 6) is 0. The van der Waals surface area contributed by atoms with E-state index in [0.717, 1.165) is 0 Å². The molecule has 0 fully saturated rings.